The number of aromatic nitrogens is 2. The minimum absolute atomic E-state index is 0.278. The SMILES string of the molecule is O=C(C1CC1)N1C[C@@H]2C[C@@](O)(c3cc(Cl)cc4cn[nH]c34)C[C@@H]2C1. The highest BCUT2D eigenvalue weighted by atomic mass is 35.5. The van der Waals surface area contributed by atoms with Crippen molar-refractivity contribution in [3.05, 3.63) is 28.9 Å². The molecule has 1 amide bonds. The van der Waals surface area contributed by atoms with Crippen LogP contribution < -0.4 is 0 Å². The molecule has 2 N–H and O–H groups in total. The number of aromatic amines is 1. The van der Waals surface area contributed by atoms with Crippen molar-refractivity contribution in [1.29, 1.82) is 0 Å². The Morgan fingerprint density at radius 3 is 2.67 bits per heavy atom. The molecule has 5 nitrogen and oxygen atoms in total. The number of carbonyl (C=O) groups is 1. The summed E-state index contributed by atoms with van der Waals surface area (Å²) in [5, 5.41) is 20.0. The number of fused-ring (bicyclic) bond motifs is 2. The number of rotatable bonds is 2. The number of H-pyrrole nitrogens is 1. The maximum atomic E-state index is 12.3. The lowest BCUT2D eigenvalue weighted by atomic mass is 9.89. The van der Waals surface area contributed by atoms with E-state index in [0.29, 0.717) is 35.6 Å². The van der Waals surface area contributed by atoms with E-state index < -0.39 is 5.60 Å². The molecule has 2 aromatic rings. The molecular formula is C18H20ClN3O2. The Bertz CT molecular complexity index is 815. The third-order valence-electron chi connectivity index (χ3n) is 6.03. The number of nitrogens with one attached hydrogen (secondary N) is 1. The van der Waals surface area contributed by atoms with Gasteiger partial charge in [0.25, 0.3) is 0 Å². The first-order valence-corrected chi connectivity index (χ1v) is 9.05. The van der Waals surface area contributed by atoms with E-state index in [2.05, 4.69) is 10.2 Å². The Morgan fingerprint density at radius 1 is 1.29 bits per heavy atom. The molecule has 2 saturated carbocycles. The van der Waals surface area contributed by atoms with Crippen LogP contribution in [0.2, 0.25) is 5.02 Å². The van der Waals surface area contributed by atoms with Crippen molar-refractivity contribution in [1.82, 2.24) is 15.1 Å². The molecule has 1 aromatic heterocycles. The van der Waals surface area contributed by atoms with Crippen molar-refractivity contribution < 1.29 is 9.90 Å². The van der Waals surface area contributed by atoms with Gasteiger partial charge in [0.1, 0.15) is 0 Å². The average molecular weight is 346 g/mol. The van der Waals surface area contributed by atoms with E-state index in [1.165, 1.54) is 0 Å². The predicted molar refractivity (Wildman–Crippen MR) is 90.5 cm³/mol. The van der Waals surface area contributed by atoms with Gasteiger partial charge < -0.3 is 10.0 Å². The number of benzene rings is 1. The topological polar surface area (TPSA) is 69.2 Å². The Labute approximate surface area is 145 Å². The van der Waals surface area contributed by atoms with Gasteiger partial charge in [-0.05, 0) is 49.7 Å². The maximum absolute atomic E-state index is 12.3. The number of hydrogen-bond acceptors (Lipinski definition) is 3. The molecule has 0 spiro atoms. The van der Waals surface area contributed by atoms with Gasteiger partial charge in [0.05, 0.1) is 17.3 Å². The molecule has 1 saturated heterocycles. The minimum Gasteiger partial charge on any atom is -0.385 e. The molecular weight excluding hydrogens is 326 g/mol. The molecule has 3 aliphatic rings. The number of halogens is 1. The minimum atomic E-state index is -0.889. The summed E-state index contributed by atoms with van der Waals surface area (Å²) >= 11 is 6.24. The molecule has 126 valence electrons. The van der Waals surface area contributed by atoms with E-state index in [4.69, 9.17) is 11.6 Å². The molecule has 6 heteroatoms. The Kier molecular flexibility index (Phi) is 3.04. The van der Waals surface area contributed by atoms with Crippen molar-refractivity contribution in [3.8, 4) is 0 Å². The van der Waals surface area contributed by atoms with Crippen molar-refractivity contribution in [2.75, 3.05) is 13.1 Å². The van der Waals surface area contributed by atoms with Crippen LogP contribution in [0, 0.1) is 17.8 Å². The van der Waals surface area contributed by atoms with Crippen LogP contribution in [0.15, 0.2) is 18.3 Å². The van der Waals surface area contributed by atoms with Gasteiger partial charge in [-0.3, -0.25) is 9.89 Å². The number of aliphatic hydroxyl groups is 1. The fraction of sp³-hybridized carbons (Fsp3) is 0.556. The van der Waals surface area contributed by atoms with Crippen molar-refractivity contribution in [2.24, 2.45) is 17.8 Å². The van der Waals surface area contributed by atoms with Gasteiger partial charge in [-0.1, -0.05) is 11.6 Å². The highest BCUT2D eigenvalue weighted by Gasteiger charge is 2.51. The third kappa shape index (κ3) is 2.18. The van der Waals surface area contributed by atoms with Gasteiger partial charge in [-0.15, -0.1) is 0 Å². The molecule has 1 aromatic carbocycles. The largest absolute Gasteiger partial charge is 0.385 e. The molecule has 2 heterocycles. The quantitative estimate of drug-likeness (QED) is 0.879. The zero-order chi connectivity index (χ0) is 16.5. The lowest BCUT2D eigenvalue weighted by Gasteiger charge is -2.27. The van der Waals surface area contributed by atoms with Crippen LogP contribution >= 0.6 is 11.6 Å². The molecule has 1 aliphatic heterocycles. The molecule has 2 aliphatic carbocycles. The second-order valence-electron chi connectivity index (χ2n) is 7.77. The predicted octanol–water partition coefficient (Wildman–Crippen LogP) is 2.68. The normalized spacial score (nSPS) is 32.5. The number of likely N-dealkylation sites (tertiary alicyclic amines) is 1. The van der Waals surface area contributed by atoms with Crippen LogP contribution in [0.1, 0.15) is 31.2 Å². The van der Waals surface area contributed by atoms with E-state index in [1.54, 1.807) is 6.20 Å². The zero-order valence-electron chi connectivity index (χ0n) is 13.3. The van der Waals surface area contributed by atoms with Crippen LogP contribution in [-0.2, 0) is 10.4 Å². The Hall–Kier alpha value is -1.59. The second-order valence-corrected chi connectivity index (χ2v) is 8.20. The fourth-order valence-electron chi connectivity index (χ4n) is 4.73. The van der Waals surface area contributed by atoms with Gasteiger partial charge in [0.15, 0.2) is 0 Å². The lowest BCUT2D eigenvalue weighted by Crippen LogP contribution is -2.33. The Balaban J connectivity index is 1.42. The van der Waals surface area contributed by atoms with E-state index in [9.17, 15) is 9.90 Å². The van der Waals surface area contributed by atoms with Crippen molar-refractivity contribution >= 4 is 28.4 Å². The number of amides is 1. The first-order valence-electron chi connectivity index (χ1n) is 8.68. The average Bonchev–Trinajstić information content (AvgIpc) is 3.03. The summed E-state index contributed by atoms with van der Waals surface area (Å²) in [5.41, 5.74) is 0.824. The maximum Gasteiger partial charge on any atom is 0.225 e. The number of nitrogens with zero attached hydrogens (tertiary/aromatic N) is 2. The van der Waals surface area contributed by atoms with Crippen LogP contribution in [0.3, 0.4) is 0 Å². The van der Waals surface area contributed by atoms with Gasteiger partial charge >= 0.3 is 0 Å². The summed E-state index contributed by atoms with van der Waals surface area (Å²) in [5.74, 6) is 1.34. The summed E-state index contributed by atoms with van der Waals surface area (Å²) in [7, 11) is 0. The molecule has 0 unspecified atom stereocenters. The Morgan fingerprint density at radius 2 is 2.00 bits per heavy atom. The number of carbonyl (C=O) groups excluding carboxylic acids is 1. The second kappa shape index (κ2) is 4.96. The summed E-state index contributed by atoms with van der Waals surface area (Å²) in [4.78, 5) is 14.3. The van der Waals surface area contributed by atoms with Gasteiger partial charge in [0.2, 0.25) is 5.91 Å². The molecule has 3 atom stereocenters. The van der Waals surface area contributed by atoms with Crippen molar-refractivity contribution in [2.45, 2.75) is 31.3 Å². The molecule has 3 fully saturated rings. The number of hydrogen-bond donors (Lipinski definition) is 2. The molecule has 0 radical (unpaired) electrons. The van der Waals surface area contributed by atoms with Crippen LogP contribution in [0.4, 0.5) is 0 Å². The summed E-state index contributed by atoms with van der Waals surface area (Å²) in [6, 6.07) is 3.72. The van der Waals surface area contributed by atoms with Gasteiger partial charge in [-0.2, -0.15) is 5.10 Å². The molecule has 5 rings (SSSR count). The van der Waals surface area contributed by atoms with E-state index in [1.807, 2.05) is 17.0 Å². The highest BCUT2D eigenvalue weighted by Crippen LogP contribution is 2.51. The summed E-state index contributed by atoms with van der Waals surface area (Å²) in [6.07, 6.45) is 5.20. The van der Waals surface area contributed by atoms with Crippen molar-refractivity contribution in [3.63, 3.8) is 0 Å². The first kappa shape index (κ1) is 14.7. The molecule has 0 bridgehead atoms. The lowest BCUT2D eigenvalue weighted by molar-refractivity contribution is -0.132. The zero-order valence-corrected chi connectivity index (χ0v) is 14.1. The molecule has 24 heavy (non-hydrogen) atoms. The standard InChI is InChI=1S/C18H20ClN3O2/c19-14-3-11-7-20-21-16(11)15(4-14)18(24)5-12-8-22(9-13(12)6-18)17(23)10-1-2-10/h3-4,7,10,12-13,24H,1-2,5-6,8-9H2,(H,20,21)/t12-,13+,18-. The smallest absolute Gasteiger partial charge is 0.225 e. The fourth-order valence-corrected chi connectivity index (χ4v) is 4.96. The summed E-state index contributed by atoms with van der Waals surface area (Å²) in [6.45, 7) is 1.57. The van der Waals surface area contributed by atoms with E-state index >= 15 is 0 Å². The highest BCUT2D eigenvalue weighted by molar-refractivity contribution is 6.31. The van der Waals surface area contributed by atoms with Gasteiger partial charge in [0, 0.05) is 35.0 Å². The van der Waals surface area contributed by atoms with Crippen LogP contribution in [0.25, 0.3) is 10.9 Å². The first-order chi connectivity index (χ1) is 11.5. The monoisotopic (exact) mass is 345 g/mol. The third-order valence-corrected chi connectivity index (χ3v) is 6.25. The van der Waals surface area contributed by atoms with Gasteiger partial charge in [-0.25, -0.2) is 0 Å². The van der Waals surface area contributed by atoms with E-state index in [0.717, 1.165) is 42.4 Å². The van der Waals surface area contributed by atoms with E-state index in [-0.39, 0.29) is 5.92 Å². The summed E-state index contributed by atoms with van der Waals surface area (Å²) < 4.78 is 0. The van der Waals surface area contributed by atoms with Crippen LogP contribution in [-0.4, -0.2) is 39.2 Å². The van der Waals surface area contributed by atoms with Crippen LogP contribution in [0.5, 0.6) is 0 Å².